The van der Waals surface area contributed by atoms with E-state index in [4.69, 9.17) is 4.74 Å². The molecule has 1 saturated heterocycles. The van der Waals surface area contributed by atoms with Crippen LogP contribution in [0.4, 0.5) is 4.79 Å². The van der Waals surface area contributed by atoms with Crippen LogP contribution in [-0.2, 0) is 11.3 Å². The molecule has 1 heterocycles. The summed E-state index contributed by atoms with van der Waals surface area (Å²) in [6.07, 6.45) is 0.681. The number of amides is 1. The second kappa shape index (κ2) is 7.32. The van der Waals surface area contributed by atoms with Gasteiger partial charge in [0.2, 0.25) is 0 Å². The number of benzene rings is 1. The zero-order chi connectivity index (χ0) is 17.0. The van der Waals surface area contributed by atoms with Gasteiger partial charge in [-0.2, -0.15) is 0 Å². The summed E-state index contributed by atoms with van der Waals surface area (Å²) in [6, 6.07) is 8.37. The minimum Gasteiger partial charge on any atom is -0.444 e. The molecule has 23 heavy (non-hydrogen) atoms. The van der Waals surface area contributed by atoms with E-state index in [1.807, 2.05) is 39.0 Å². The molecule has 1 aliphatic rings. The zero-order valence-electron chi connectivity index (χ0n) is 14.5. The number of nitrogens with one attached hydrogen (secondary N) is 1. The lowest BCUT2D eigenvalue weighted by atomic mass is 10.0. The number of likely N-dealkylation sites (tertiary alicyclic amines) is 1. The number of ether oxygens (including phenoxy) is 1. The highest BCUT2D eigenvalue weighted by atomic mass is 16.6. The van der Waals surface area contributed by atoms with E-state index in [0.717, 1.165) is 24.1 Å². The maximum absolute atomic E-state index is 12.1. The van der Waals surface area contributed by atoms with E-state index in [1.54, 1.807) is 4.90 Å². The van der Waals surface area contributed by atoms with E-state index in [9.17, 15) is 9.90 Å². The molecule has 5 nitrogen and oxygen atoms in total. The van der Waals surface area contributed by atoms with Crippen molar-refractivity contribution in [3.05, 3.63) is 35.4 Å². The smallest absolute Gasteiger partial charge is 0.410 e. The summed E-state index contributed by atoms with van der Waals surface area (Å²) < 4.78 is 5.42. The van der Waals surface area contributed by atoms with Crippen molar-refractivity contribution >= 4 is 6.09 Å². The Morgan fingerprint density at radius 1 is 1.48 bits per heavy atom. The standard InChI is InChI=1S/C18H28N2O3/c1-13(15-7-5-6-14(10-15)12-21)19-16-8-9-20(11-16)17(22)23-18(2,3)4/h5-7,10,13,16,19,21H,8-9,11-12H2,1-4H3/t13-,16-/m1/s1. The minimum atomic E-state index is -0.458. The molecule has 0 unspecified atom stereocenters. The molecule has 1 aliphatic heterocycles. The topological polar surface area (TPSA) is 61.8 Å². The van der Waals surface area contributed by atoms with Crippen molar-refractivity contribution in [2.24, 2.45) is 0 Å². The van der Waals surface area contributed by atoms with Gasteiger partial charge in [0.1, 0.15) is 5.60 Å². The maximum Gasteiger partial charge on any atom is 0.410 e. The molecule has 0 bridgehead atoms. The van der Waals surface area contributed by atoms with Crippen molar-refractivity contribution in [2.75, 3.05) is 13.1 Å². The fourth-order valence-corrected chi connectivity index (χ4v) is 2.80. The van der Waals surface area contributed by atoms with Gasteiger partial charge >= 0.3 is 6.09 Å². The zero-order valence-corrected chi connectivity index (χ0v) is 14.5. The summed E-state index contributed by atoms with van der Waals surface area (Å²) in [5, 5.41) is 12.8. The number of carbonyl (C=O) groups is 1. The molecule has 1 amide bonds. The molecular formula is C18H28N2O3. The van der Waals surface area contributed by atoms with E-state index < -0.39 is 5.60 Å². The molecular weight excluding hydrogens is 292 g/mol. The Morgan fingerprint density at radius 3 is 2.87 bits per heavy atom. The monoisotopic (exact) mass is 320 g/mol. The SMILES string of the molecule is C[C@@H](N[C@@H]1CCN(C(=O)OC(C)(C)C)C1)c1cccc(CO)c1. The largest absolute Gasteiger partial charge is 0.444 e. The highest BCUT2D eigenvalue weighted by Crippen LogP contribution is 2.20. The molecule has 0 saturated carbocycles. The van der Waals surface area contributed by atoms with Crippen LogP contribution in [0, 0.1) is 0 Å². The number of rotatable bonds is 4. The first-order valence-electron chi connectivity index (χ1n) is 8.22. The molecule has 2 N–H and O–H groups in total. The first kappa shape index (κ1) is 17.8. The average molecular weight is 320 g/mol. The van der Waals surface area contributed by atoms with Crippen LogP contribution < -0.4 is 5.32 Å². The van der Waals surface area contributed by atoms with Crippen molar-refractivity contribution in [2.45, 2.75) is 58.4 Å². The van der Waals surface area contributed by atoms with Gasteiger partial charge in [-0.25, -0.2) is 4.79 Å². The van der Waals surface area contributed by atoms with Gasteiger partial charge in [-0.15, -0.1) is 0 Å². The van der Waals surface area contributed by atoms with Gasteiger partial charge in [0.25, 0.3) is 0 Å². The highest BCUT2D eigenvalue weighted by molar-refractivity contribution is 5.68. The lowest BCUT2D eigenvalue weighted by Crippen LogP contribution is -2.39. The molecule has 2 rings (SSSR count). The van der Waals surface area contributed by atoms with Crippen LogP contribution in [0.5, 0.6) is 0 Å². The van der Waals surface area contributed by atoms with E-state index in [0.29, 0.717) is 6.54 Å². The Morgan fingerprint density at radius 2 is 2.22 bits per heavy atom. The van der Waals surface area contributed by atoms with E-state index in [1.165, 1.54) is 0 Å². The van der Waals surface area contributed by atoms with Crippen LogP contribution in [0.15, 0.2) is 24.3 Å². The number of hydrogen-bond acceptors (Lipinski definition) is 4. The Balaban J connectivity index is 1.88. The quantitative estimate of drug-likeness (QED) is 0.895. The van der Waals surface area contributed by atoms with Gasteiger partial charge in [-0.05, 0) is 45.2 Å². The Hall–Kier alpha value is -1.59. The van der Waals surface area contributed by atoms with Gasteiger partial charge in [0, 0.05) is 25.2 Å². The molecule has 0 radical (unpaired) electrons. The number of aliphatic hydroxyl groups excluding tert-OH is 1. The molecule has 5 heteroatoms. The van der Waals surface area contributed by atoms with Gasteiger partial charge in [-0.1, -0.05) is 24.3 Å². The number of nitrogens with zero attached hydrogens (tertiary/aromatic N) is 1. The summed E-state index contributed by atoms with van der Waals surface area (Å²) in [6.45, 7) is 9.19. The minimum absolute atomic E-state index is 0.0520. The van der Waals surface area contributed by atoms with Crippen molar-refractivity contribution in [3.63, 3.8) is 0 Å². The summed E-state index contributed by atoms with van der Waals surface area (Å²) in [5.41, 5.74) is 1.60. The molecule has 128 valence electrons. The first-order valence-corrected chi connectivity index (χ1v) is 8.22. The van der Waals surface area contributed by atoms with Gasteiger partial charge in [0.15, 0.2) is 0 Å². The molecule has 1 aromatic carbocycles. The third kappa shape index (κ3) is 5.22. The number of aliphatic hydroxyl groups is 1. The lowest BCUT2D eigenvalue weighted by Gasteiger charge is -2.25. The van der Waals surface area contributed by atoms with E-state index in [2.05, 4.69) is 18.3 Å². The molecule has 0 aliphatic carbocycles. The van der Waals surface area contributed by atoms with Crippen LogP contribution >= 0.6 is 0 Å². The van der Waals surface area contributed by atoms with Crippen LogP contribution in [-0.4, -0.2) is 40.8 Å². The van der Waals surface area contributed by atoms with Crippen molar-refractivity contribution in [3.8, 4) is 0 Å². The normalized spacial score (nSPS) is 19.7. The predicted octanol–water partition coefficient (Wildman–Crippen LogP) is 2.84. The van der Waals surface area contributed by atoms with E-state index in [-0.39, 0.29) is 24.8 Å². The fourth-order valence-electron chi connectivity index (χ4n) is 2.80. The van der Waals surface area contributed by atoms with E-state index >= 15 is 0 Å². The van der Waals surface area contributed by atoms with Crippen LogP contribution in [0.3, 0.4) is 0 Å². The van der Waals surface area contributed by atoms with Crippen molar-refractivity contribution in [1.82, 2.24) is 10.2 Å². The first-order chi connectivity index (χ1) is 10.8. The summed E-state index contributed by atoms with van der Waals surface area (Å²) in [5.74, 6) is 0. The van der Waals surface area contributed by atoms with Gasteiger partial charge in [-0.3, -0.25) is 0 Å². The van der Waals surface area contributed by atoms with Gasteiger partial charge < -0.3 is 20.1 Å². The van der Waals surface area contributed by atoms with Crippen molar-refractivity contribution < 1.29 is 14.6 Å². The summed E-state index contributed by atoms with van der Waals surface area (Å²) in [4.78, 5) is 13.9. The Bertz CT molecular complexity index is 539. The van der Waals surface area contributed by atoms with Crippen molar-refractivity contribution in [1.29, 1.82) is 0 Å². The van der Waals surface area contributed by atoms with Crippen LogP contribution in [0.2, 0.25) is 0 Å². The fraction of sp³-hybridized carbons (Fsp3) is 0.611. The maximum atomic E-state index is 12.1. The molecule has 0 spiro atoms. The Kier molecular flexibility index (Phi) is 5.65. The summed E-state index contributed by atoms with van der Waals surface area (Å²) in [7, 11) is 0. The average Bonchev–Trinajstić information content (AvgIpc) is 2.94. The number of hydrogen-bond donors (Lipinski definition) is 2. The van der Waals surface area contributed by atoms with Crippen LogP contribution in [0.1, 0.15) is 51.3 Å². The van der Waals surface area contributed by atoms with Crippen LogP contribution in [0.25, 0.3) is 0 Å². The highest BCUT2D eigenvalue weighted by Gasteiger charge is 2.30. The Labute approximate surface area is 138 Å². The molecule has 2 atom stereocenters. The van der Waals surface area contributed by atoms with Gasteiger partial charge in [0.05, 0.1) is 6.61 Å². The third-order valence-electron chi connectivity index (χ3n) is 3.96. The third-order valence-corrected chi connectivity index (χ3v) is 3.96. The second-order valence-corrected chi connectivity index (χ2v) is 7.20. The molecule has 1 fully saturated rings. The second-order valence-electron chi connectivity index (χ2n) is 7.20. The lowest BCUT2D eigenvalue weighted by molar-refractivity contribution is 0.0290. The summed E-state index contributed by atoms with van der Waals surface area (Å²) >= 11 is 0. The molecule has 1 aromatic rings. The number of carbonyl (C=O) groups excluding carboxylic acids is 1. The predicted molar refractivity (Wildman–Crippen MR) is 90.1 cm³/mol. The molecule has 0 aromatic heterocycles.